The monoisotopic (exact) mass is 312 g/mol. The maximum atomic E-state index is 12.3. The fraction of sp³-hybridized carbons (Fsp3) is 0.643. The van der Waals surface area contributed by atoms with Crippen LogP contribution in [0.4, 0.5) is 0 Å². The third-order valence-corrected chi connectivity index (χ3v) is 4.53. The molecule has 0 aromatic carbocycles. The van der Waals surface area contributed by atoms with Crippen molar-refractivity contribution in [2.75, 3.05) is 20.3 Å². The molecule has 1 aliphatic rings. The first-order valence-corrected chi connectivity index (χ1v) is 7.85. The smallest absolute Gasteiger partial charge is 0.309 e. The Balaban J connectivity index is 2.38. The van der Waals surface area contributed by atoms with Crippen molar-refractivity contribution < 1.29 is 19.4 Å². The van der Waals surface area contributed by atoms with Crippen molar-refractivity contribution in [3.05, 3.63) is 16.1 Å². The average Bonchev–Trinajstić information content (AvgIpc) is 2.78. The molecule has 2 heterocycles. The van der Waals surface area contributed by atoms with E-state index in [1.165, 1.54) is 11.3 Å². The molecule has 2 atom stereocenters. The van der Waals surface area contributed by atoms with Gasteiger partial charge in [-0.2, -0.15) is 0 Å². The molecule has 1 amide bonds. The fourth-order valence-corrected chi connectivity index (χ4v) is 3.38. The van der Waals surface area contributed by atoms with Crippen LogP contribution in [0.5, 0.6) is 0 Å². The summed E-state index contributed by atoms with van der Waals surface area (Å²) in [6.07, 6.45) is 1.47. The number of carboxylic acid groups (broad SMARTS) is 1. The Labute approximate surface area is 127 Å². The second kappa shape index (κ2) is 7.00. The van der Waals surface area contributed by atoms with Gasteiger partial charge in [-0.15, -0.1) is 11.3 Å². The lowest BCUT2D eigenvalue weighted by molar-refractivity contribution is -0.146. The number of hydrogen-bond acceptors (Lipinski definition) is 5. The summed E-state index contributed by atoms with van der Waals surface area (Å²) in [5.74, 6) is -1.51. The summed E-state index contributed by atoms with van der Waals surface area (Å²) in [5.41, 5.74) is 0.677. The first-order chi connectivity index (χ1) is 10.0. The highest BCUT2D eigenvalue weighted by atomic mass is 32.1. The van der Waals surface area contributed by atoms with Crippen molar-refractivity contribution in [3.8, 4) is 0 Å². The van der Waals surface area contributed by atoms with Gasteiger partial charge in [0.15, 0.2) is 0 Å². The van der Waals surface area contributed by atoms with Crippen molar-refractivity contribution >= 4 is 23.2 Å². The maximum Gasteiger partial charge on any atom is 0.309 e. The summed E-state index contributed by atoms with van der Waals surface area (Å²) in [6, 6.07) is -0.502. The maximum absolute atomic E-state index is 12.3. The van der Waals surface area contributed by atoms with Crippen LogP contribution in [0.1, 0.15) is 36.0 Å². The van der Waals surface area contributed by atoms with Crippen LogP contribution in [0.15, 0.2) is 5.38 Å². The van der Waals surface area contributed by atoms with E-state index < -0.39 is 17.9 Å². The Morgan fingerprint density at radius 1 is 1.62 bits per heavy atom. The van der Waals surface area contributed by atoms with Gasteiger partial charge in [0.05, 0.1) is 29.3 Å². The minimum atomic E-state index is -0.872. The number of methoxy groups -OCH3 is 1. The Kier molecular flexibility index (Phi) is 5.30. The van der Waals surface area contributed by atoms with Crippen molar-refractivity contribution in [3.63, 3.8) is 0 Å². The number of aromatic nitrogens is 1. The highest BCUT2D eigenvalue weighted by molar-refractivity contribution is 7.09. The molecule has 21 heavy (non-hydrogen) atoms. The summed E-state index contributed by atoms with van der Waals surface area (Å²) < 4.78 is 5.06. The number of hydrogen-bond donors (Lipinski definition) is 1. The molecule has 0 radical (unpaired) electrons. The van der Waals surface area contributed by atoms with E-state index in [0.717, 1.165) is 5.01 Å². The van der Waals surface area contributed by atoms with Crippen LogP contribution < -0.4 is 0 Å². The quantitative estimate of drug-likeness (QED) is 0.897. The van der Waals surface area contributed by atoms with Crippen molar-refractivity contribution in [2.45, 2.75) is 32.2 Å². The lowest BCUT2D eigenvalue weighted by Gasteiger charge is -2.32. The molecule has 1 N–H and O–H groups in total. The Morgan fingerprint density at radius 2 is 2.38 bits per heavy atom. The Bertz CT molecular complexity index is 517. The molecule has 116 valence electrons. The molecule has 0 aliphatic carbocycles. The predicted octanol–water partition coefficient (Wildman–Crippen LogP) is 1.85. The number of carbonyl (C=O) groups excluding carboxylic acids is 1. The number of amides is 1. The van der Waals surface area contributed by atoms with E-state index in [-0.39, 0.29) is 5.91 Å². The number of aliphatic carboxylic acids is 1. The Hall–Kier alpha value is -1.47. The van der Waals surface area contributed by atoms with Gasteiger partial charge in [-0.3, -0.25) is 9.59 Å². The number of thiazole rings is 1. The largest absolute Gasteiger partial charge is 0.481 e. The van der Waals surface area contributed by atoms with Crippen molar-refractivity contribution in [1.29, 1.82) is 0 Å². The van der Waals surface area contributed by atoms with E-state index in [1.807, 2.05) is 12.3 Å². The van der Waals surface area contributed by atoms with Gasteiger partial charge in [0.2, 0.25) is 5.91 Å². The zero-order valence-corrected chi connectivity index (χ0v) is 13.1. The number of aryl methyl sites for hydroxylation is 1. The summed E-state index contributed by atoms with van der Waals surface area (Å²) in [4.78, 5) is 30.0. The molecule has 1 fully saturated rings. The average molecular weight is 312 g/mol. The Morgan fingerprint density at radius 3 is 2.95 bits per heavy atom. The second-order valence-corrected chi connectivity index (χ2v) is 6.22. The van der Waals surface area contributed by atoms with Crippen LogP contribution in [-0.4, -0.2) is 47.1 Å². The predicted molar refractivity (Wildman–Crippen MR) is 78.2 cm³/mol. The van der Waals surface area contributed by atoms with E-state index in [0.29, 0.717) is 38.1 Å². The fourth-order valence-electron chi connectivity index (χ4n) is 2.74. The van der Waals surface area contributed by atoms with Gasteiger partial charge in [-0.25, -0.2) is 4.98 Å². The number of ether oxygens (including phenoxy) is 1. The lowest BCUT2D eigenvalue weighted by atomic mass is 9.93. The minimum Gasteiger partial charge on any atom is -0.481 e. The highest BCUT2D eigenvalue weighted by Gasteiger charge is 2.39. The molecule has 1 aromatic rings. The van der Waals surface area contributed by atoms with Crippen LogP contribution in [0, 0.1) is 12.8 Å². The van der Waals surface area contributed by atoms with E-state index in [1.54, 1.807) is 12.0 Å². The zero-order valence-electron chi connectivity index (χ0n) is 12.2. The molecule has 0 bridgehead atoms. The first-order valence-electron chi connectivity index (χ1n) is 6.98. The van der Waals surface area contributed by atoms with Crippen molar-refractivity contribution in [2.24, 2.45) is 5.92 Å². The van der Waals surface area contributed by atoms with Gasteiger partial charge >= 0.3 is 5.97 Å². The summed E-state index contributed by atoms with van der Waals surface area (Å²) in [5, 5.41) is 12.3. The number of rotatable bonds is 5. The van der Waals surface area contributed by atoms with Crippen LogP contribution in [0.2, 0.25) is 0 Å². The van der Waals surface area contributed by atoms with Gasteiger partial charge in [0, 0.05) is 25.5 Å². The van der Waals surface area contributed by atoms with Gasteiger partial charge in [0.25, 0.3) is 0 Å². The third kappa shape index (κ3) is 3.59. The van der Waals surface area contributed by atoms with Gasteiger partial charge in [-0.1, -0.05) is 0 Å². The number of carbonyl (C=O) groups is 2. The molecular formula is C14H20N2O4S. The molecule has 7 heteroatoms. The van der Waals surface area contributed by atoms with Gasteiger partial charge in [-0.05, 0) is 19.8 Å². The molecule has 1 aliphatic heterocycles. The molecule has 1 aromatic heterocycles. The van der Waals surface area contributed by atoms with Crippen LogP contribution in [0.25, 0.3) is 0 Å². The molecule has 2 unspecified atom stereocenters. The van der Waals surface area contributed by atoms with Crippen LogP contribution >= 0.6 is 11.3 Å². The lowest BCUT2D eigenvalue weighted by Crippen LogP contribution is -2.41. The molecule has 1 saturated heterocycles. The van der Waals surface area contributed by atoms with Crippen LogP contribution in [0.3, 0.4) is 0 Å². The number of likely N-dealkylation sites (tertiary alicyclic amines) is 1. The summed E-state index contributed by atoms with van der Waals surface area (Å²) in [7, 11) is 1.57. The number of nitrogens with zero attached hydrogens (tertiary/aromatic N) is 2. The standard InChI is InChI=1S/C14H20N2O4S/c1-9-15-11(8-21-9)13-10(14(18)19)4-3-5-12(17)16(13)6-7-20-2/h8,10,13H,3-7H2,1-2H3,(H,18,19). The minimum absolute atomic E-state index is 0.0218. The topological polar surface area (TPSA) is 79.7 Å². The van der Waals surface area contributed by atoms with Gasteiger partial charge in [0.1, 0.15) is 0 Å². The summed E-state index contributed by atoms with van der Waals surface area (Å²) >= 11 is 1.47. The molecule has 0 spiro atoms. The van der Waals surface area contributed by atoms with Gasteiger partial charge < -0.3 is 14.7 Å². The molecule has 2 rings (SSSR count). The summed E-state index contributed by atoms with van der Waals surface area (Å²) in [6.45, 7) is 2.65. The van der Waals surface area contributed by atoms with Crippen molar-refractivity contribution in [1.82, 2.24) is 9.88 Å². The first kappa shape index (κ1) is 15.9. The third-order valence-electron chi connectivity index (χ3n) is 3.74. The molecule has 0 saturated carbocycles. The number of carboxylic acids is 1. The zero-order chi connectivity index (χ0) is 15.4. The SMILES string of the molecule is COCCN1C(=O)CCCC(C(=O)O)C1c1csc(C)n1. The van der Waals surface area contributed by atoms with E-state index in [2.05, 4.69) is 4.98 Å². The van der Waals surface area contributed by atoms with Crippen LogP contribution in [-0.2, 0) is 14.3 Å². The second-order valence-electron chi connectivity index (χ2n) is 5.15. The van der Waals surface area contributed by atoms with E-state index >= 15 is 0 Å². The van der Waals surface area contributed by atoms with E-state index in [9.17, 15) is 14.7 Å². The molecule has 6 nitrogen and oxygen atoms in total. The normalized spacial score (nSPS) is 23.1. The molecular weight excluding hydrogens is 292 g/mol. The highest BCUT2D eigenvalue weighted by Crippen LogP contribution is 2.36. The van der Waals surface area contributed by atoms with E-state index in [4.69, 9.17) is 4.74 Å².